The first kappa shape index (κ1) is 11.0. The molecule has 3 nitrogen and oxygen atoms in total. The molecule has 1 rings (SSSR count). The van der Waals surface area contributed by atoms with Crippen molar-refractivity contribution in [2.75, 3.05) is 39.3 Å². The fourth-order valence-corrected chi connectivity index (χ4v) is 1.72. The normalized spacial score (nSPS) is 23.3. The van der Waals surface area contributed by atoms with Crippen LogP contribution in [0.5, 0.6) is 0 Å². The van der Waals surface area contributed by atoms with Crippen molar-refractivity contribution in [3.63, 3.8) is 0 Å². The molecule has 1 fully saturated rings. The van der Waals surface area contributed by atoms with Gasteiger partial charge in [0.2, 0.25) is 0 Å². The first-order chi connectivity index (χ1) is 6.22. The molecule has 0 saturated carbocycles. The lowest BCUT2D eigenvalue weighted by Gasteiger charge is -2.34. The minimum Gasteiger partial charge on any atom is -0.328 e. The first-order valence-electron chi connectivity index (χ1n) is 5.42. The lowest BCUT2D eigenvalue weighted by molar-refractivity contribution is 0.135. The van der Waals surface area contributed by atoms with Crippen LogP contribution in [0.1, 0.15) is 20.3 Å². The van der Waals surface area contributed by atoms with Gasteiger partial charge in [0.1, 0.15) is 0 Å². The highest BCUT2D eigenvalue weighted by Gasteiger charge is 2.14. The van der Waals surface area contributed by atoms with Crippen LogP contribution in [0.15, 0.2) is 0 Å². The lowest BCUT2D eigenvalue weighted by atomic mass is 10.2. The molecule has 1 aliphatic heterocycles. The maximum absolute atomic E-state index is 5.73. The molecule has 78 valence electrons. The fourth-order valence-electron chi connectivity index (χ4n) is 1.72. The Balaban J connectivity index is 2.10. The summed E-state index contributed by atoms with van der Waals surface area (Å²) in [6.07, 6.45) is 1.13. The predicted octanol–water partition coefficient (Wildman–Crippen LogP) is 0.361. The van der Waals surface area contributed by atoms with Gasteiger partial charge in [-0.3, -0.25) is 0 Å². The Hall–Kier alpha value is -0.120. The van der Waals surface area contributed by atoms with E-state index in [0.29, 0.717) is 6.04 Å². The minimum absolute atomic E-state index is 0.351. The Labute approximate surface area is 81.9 Å². The van der Waals surface area contributed by atoms with E-state index >= 15 is 0 Å². The average Bonchev–Trinajstić information content (AvgIpc) is 2.15. The van der Waals surface area contributed by atoms with E-state index in [1.165, 1.54) is 39.3 Å². The molecule has 0 unspecified atom stereocenters. The van der Waals surface area contributed by atoms with Crippen molar-refractivity contribution in [3.05, 3.63) is 0 Å². The van der Waals surface area contributed by atoms with Crippen LogP contribution >= 0.6 is 0 Å². The molecular weight excluding hydrogens is 162 g/mol. The number of hydrogen-bond acceptors (Lipinski definition) is 3. The fraction of sp³-hybridized carbons (Fsp3) is 1.00. The summed E-state index contributed by atoms with van der Waals surface area (Å²) in [6.45, 7) is 11.6. The van der Waals surface area contributed by atoms with Crippen LogP contribution in [0, 0.1) is 0 Å². The summed E-state index contributed by atoms with van der Waals surface area (Å²) in [5.41, 5.74) is 5.73. The molecule has 0 aliphatic carbocycles. The molecule has 0 aromatic heterocycles. The van der Waals surface area contributed by atoms with E-state index in [9.17, 15) is 0 Å². The Kier molecular flexibility index (Phi) is 4.70. The quantitative estimate of drug-likeness (QED) is 0.686. The van der Waals surface area contributed by atoms with Gasteiger partial charge in [-0.25, -0.2) is 0 Å². The highest BCUT2D eigenvalue weighted by Crippen LogP contribution is 2.02. The molecule has 1 aliphatic rings. The number of hydrogen-bond donors (Lipinski definition) is 1. The van der Waals surface area contributed by atoms with Gasteiger partial charge >= 0.3 is 0 Å². The van der Waals surface area contributed by atoms with Crippen LogP contribution in [0.4, 0.5) is 0 Å². The van der Waals surface area contributed by atoms with Gasteiger partial charge in [-0.15, -0.1) is 0 Å². The number of likely N-dealkylation sites (N-methyl/N-ethyl adjacent to an activating group) is 1. The third kappa shape index (κ3) is 4.07. The van der Waals surface area contributed by atoms with Crippen molar-refractivity contribution in [2.45, 2.75) is 26.3 Å². The lowest BCUT2D eigenvalue weighted by Crippen LogP contribution is -2.46. The van der Waals surface area contributed by atoms with E-state index in [1.807, 2.05) is 0 Å². The SMILES string of the molecule is CCN1CCN(CC[C@@H](C)N)CC1. The van der Waals surface area contributed by atoms with E-state index in [-0.39, 0.29) is 0 Å². The van der Waals surface area contributed by atoms with Crippen molar-refractivity contribution in [2.24, 2.45) is 5.73 Å². The van der Waals surface area contributed by atoms with Gasteiger partial charge < -0.3 is 15.5 Å². The molecule has 1 atom stereocenters. The Morgan fingerprint density at radius 1 is 1.15 bits per heavy atom. The number of nitrogens with two attached hydrogens (primary N) is 1. The zero-order chi connectivity index (χ0) is 9.68. The first-order valence-corrected chi connectivity index (χ1v) is 5.42. The number of piperazine rings is 1. The van der Waals surface area contributed by atoms with Crippen LogP contribution in [0.2, 0.25) is 0 Å². The van der Waals surface area contributed by atoms with Gasteiger partial charge in [-0.2, -0.15) is 0 Å². The van der Waals surface area contributed by atoms with E-state index in [0.717, 1.165) is 6.42 Å². The standard InChI is InChI=1S/C10H23N3/c1-3-12-6-8-13(9-7-12)5-4-10(2)11/h10H,3-9,11H2,1-2H3/t10-/m1/s1. The molecule has 0 radical (unpaired) electrons. The van der Waals surface area contributed by atoms with Crippen molar-refractivity contribution < 1.29 is 0 Å². The van der Waals surface area contributed by atoms with Crippen molar-refractivity contribution in [3.8, 4) is 0 Å². The highest BCUT2D eigenvalue weighted by atomic mass is 15.3. The van der Waals surface area contributed by atoms with Crippen LogP contribution in [-0.2, 0) is 0 Å². The zero-order valence-corrected chi connectivity index (χ0v) is 9.00. The van der Waals surface area contributed by atoms with E-state index in [2.05, 4.69) is 23.6 Å². The van der Waals surface area contributed by atoms with E-state index in [1.54, 1.807) is 0 Å². The highest BCUT2D eigenvalue weighted by molar-refractivity contribution is 4.71. The molecule has 2 N–H and O–H groups in total. The monoisotopic (exact) mass is 185 g/mol. The predicted molar refractivity (Wildman–Crippen MR) is 56.8 cm³/mol. The molecule has 0 spiro atoms. The van der Waals surface area contributed by atoms with Crippen LogP contribution in [0.3, 0.4) is 0 Å². The Bertz CT molecular complexity index is 128. The summed E-state index contributed by atoms with van der Waals surface area (Å²) in [5, 5.41) is 0. The van der Waals surface area contributed by atoms with Gasteiger partial charge in [0.05, 0.1) is 0 Å². The van der Waals surface area contributed by atoms with Crippen molar-refractivity contribution in [1.29, 1.82) is 0 Å². The second-order valence-electron chi connectivity index (χ2n) is 4.04. The Morgan fingerprint density at radius 3 is 2.15 bits per heavy atom. The summed E-state index contributed by atoms with van der Waals surface area (Å²) in [7, 11) is 0. The molecule has 1 saturated heterocycles. The van der Waals surface area contributed by atoms with E-state index in [4.69, 9.17) is 5.73 Å². The van der Waals surface area contributed by atoms with Crippen LogP contribution < -0.4 is 5.73 Å². The summed E-state index contributed by atoms with van der Waals surface area (Å²) < 4.78 is 0. The van der Waals surface area contributed by atoms with Gasteiger partial charge in [-0.1, -0.05) is 6.92 Å². The molecule has 3 heteroatoms. The minimum atomic E-state index is 0.351. The molecule has 13 heavy (non-hydrogen) atoms. The van der Waals surface area contributed by atoms with Gasteiger partial charge in [0.15, 0.2) is 0 Å². The maximum atomic E-state index is 5.73. The molecule has 0 aromatic rings. The topological polar surface area (TPSA) is 32.5 Å². The summed E-state index contributed by atoms with van der Waals surface area (Å²) in [5.74, 6) is 0. The summed E-state index contributed by atoms with van der Waals surface area (Å²) in [6, 6.07) is 0.351. The molecular formula is C10H23N3. The third-order valence-corrected chi connectivity index (χ3v) is 2.81. The molecule has 0 bridgehead atoms. The average molecular weight is 185 g/mol. The third-order valence-electron chi connectivity index (χ3n) is 2.81. The van der Waals surface area contributed by atoms with Crippen molar-refractivity contribution >= 4 is 0 Å². The zero-order valence-electron chi connectivity index (χ0n) is 9.00. The number of nitrogens with zero attached hydrogens (tertiary/aromatic N) is 2. The molecule has 0 amide bonds. The summed E-state index contributed by atoms with van der Waals surface area (Å²) >= 11 is 0. The largest absolute Gasteiger partial charge is 0.328 e. The second-order valence-corrected chi connectivity index (χ2v) is 4.04. The smallest absolute Gasteiger partial charge is 0.0110 e. The van der Waals surface area contributed by atoms with E-state index < -0.39 is 0 Å². The van der Waals surface area contributed by atoms with Crippen LogP contribution in [-0.4, -0.2) is 55.1 Å². The second kappa shape index (κ2) is 5.58. The Morgan fingerprint density at radius 2 is 1.69 bits per heavy atom. The van der Waals surface area contributed by atoms with Gasteiger partial charge in [-0.05, 0) is 26.4 Å². The summed E-state index contributed by atoms with van der Waals surface area (Å²) in [4.78, 5) is 5.03. The van der Waals surface area contributed by atoms with Crippen LogP contribution in [0.25, 0.3) is 0 Å². The maximum Gasteiger partial charge on any atom is 0.0110 e. The molecule has 0 aromatic carbocycles. The van der Waals surface area contributed by atoms with Gasteiger partial charge in [0.25, 0.3) is 0 Å². The number of rotatable bonds is 4. The van der Waals surface area contributed by atoms with Crippen molar-refractivity contribution in [1.82, 2.24) is 9.80 Å². The molecule has 1 heterocycles. The van der Waals surface area contributed by atoms with Gasteiger partial charge in [0, 0.05) is 32.2 Å².